The van der Waals surface area contributed by atoms with Crippen LogP contribution in [-0.4, -0.2) is 13.2 Å². The molecular formula is C18H19BrO. The van der Waals surface area contributed by atoms with Gasteiger partial charge in [0.2, 0.25) is 0 Å². The molecule has 1 aromatic carbocycles. The number of halogens is 1. The first-order chi connectivity index (χ1) is 9.77. The lowest BCUT2D eigenvalue weighted by Gasteiger charge is -2.07. The maximum atomic E-state index is 5.39. The summed E-state index contributed by atoms with van der Waals surface area (Å²) in [5.74, 6) is 8.91. The first-order valence-corrected chi connectivity index (χ1v) is 7.44. The van der Waals surface area contributed by atoms with Gasteiger partial charge in [0.1, 0.15) is 6.10 Å². The second kappa shape index (κ2) is 10.3. The third kappa shape index (κ3) is 6.62. The van der Waals surface area contributed by atoms with E-state index in [1.165, 1.54) is 0 Å². The summed E-state index contributed by atoms with van der Waals surface area (Å²) in [7, 11) is 1.66. The van der Waals surface area contributed by atoms with Gasteiger partial charge in [-0.15, -0.1) is 18.3 Å². The molecule has 1 unspecified atom stereocenters. The van der Waals surface area contributed by atoms with Crippen molar-refractivity contribution >= 4 is 22.0 Å². The summed E-state index contributed by atoms with van der Waals surface area (Å²) in [5.41, 5.74) is 1.12. The minimum atomic E-state index is -0.220. The van der Waals surface area contributed by atoms with E-state index in [4.69, 9.17) is 11.2 Å². The van der Waals surface area contributed by atoms with E-state index in [9.17, 15) is 0 Å². The molecule has 104 valence electrons. The van der Waals surface area contributed by atoms with E-state index in [0.29, 0.717) is 0 Å². The van der Waals surface area contributed by atoms with E-state index in [1.54, 1.807) is 7.11 Å². The van der Waals surface area contributed by atoms with E-state index in [0.717, 1.165) is 35.7 Å². The molecular weight excluding hydrogens is 312 g/mol. The van der Waals surface area contributed by atoms with Crippen molar-refractivity contribution < 1.29 is 4.74 Å². The zero-order valence-electron chi connectivity index (χ0n) is 11.7. The molecule has 1 nitrogen and oxygen atoms in total. The molecule has 0 aromatic heterocycles. The van der Waals surface area contributed by atoms with Crippen molar-refractivity contribution in [1.29, 1.82) is 0 Å². The monoisotopic (exact) mass is 330 g/mol. The van der Waals surface area contributed by atoms with Gasteiger partial charge in [-0.25, -0.2) is 0 Å². The van der Waals surface area contributed by atoms with Gasteiger partial charge in [0, 0.05) is 24.4 Å². The quantitative estimate of drug-likeness (QED) is 0.545. The number of hydrogen-bond donors (Lipinski definition) is 0. The summed E-state index contributed by atoms with van der Waals surface area (Å²) in [6.07, 6.45) is 10.8. The lowest BCUT2D eigenvalue weighted by molar-refractivity contribution is 0.183. The molecule has 1 atom stereocenters. The number of terminal acetylenes is 1. The molecule has 0 heterocycles. The van der Waals surface area contributed by atoms with Crippen molar-refractivity contribution in [2.45, 2.75) is 31.8 Å². The van der Waals surface area contributed by atoms with Crippen molar-refractivity contribution in [3.8, 4) is 24.2 Å². The van der Waals surface area contributed by atoms with Gasteiger partial charge in [0.15, 0.2) is 0 Å². The minimum absolute atomic E-state index is 0.220. The van der Waals surface area contributed by atoms with Gasteiger partial charge in [-0.3, -0.25) is 0 Å². The van der Waals surface area contributed by atoms with Gasteiger partial charge in [-0.1, -0.05) is 52.2 Å². The van der Waals surface area contributed by atoms with Crippen LogP contribution >= 0.6 is 15.9 Å². The summed E-state index contributed by atoms with van der Waals surface area (Å²) >= 11 is 3.54. The molecule has 0 aliphatic rings. The van der Waals surface area contributed by atoms with Gasteiger partial charge in [0.05, 0.1) is 0 Å². The Kier molecular flexibility index (Phi) is 8.56. The average Bonchev–Trinajstić information content (AvgIpc) is 2.47. The predicted octanol–water partition coefficient (Wildman–Crippen LogP) is 4.63. The van der Waals surface area contributed by atoms with Crippen LogP contribution < -0.4 is 0 Å². The summed E-state index contributed by atoms with van der Waals surface area (Å²) in [6, 6.07) is 10.1. The molecule has 0 bridgehead atoms. The molecule has 0 saturated carbocycles. The fourth-order valence-electron chi connectivity index (χ4n) is 1.63. The highest BCUT2D eigenvalue weighted by Gasteiger charge is 2.06. The van der Waals surface area contributed by atoms with Gasteiger partial charge >= 0.3 is 0 Å². The Morgan fingerprint density at radius 1 is 1.30 bits per heavy atom. The highest BCUT2D eigenvalue weighted by atomic mass is 79.9. The van der Waals surface area contributed by atoms with E-state index in [1.807, 2.05) is 36.4 Å². The zero-order chi connectivity index (χ0) is 14.6. The first kappa shape index (κ1) is 16.6. The number of methoxy groups -OCH3 is 1. The summed E-state index contributed by atoms with van der Waals surface area (Å²) < 4.78 is 6.32. The Balaban J connectivity index is 2.56. The Hall–Kier alpha value is -1.48. The second-order valence-corrected chi connectivity index (χ2v) is 5.20. The Morgan fingerprint density at radius 2 is 2.00 bits per heavy atom. The van der Waals surface area contributed by atoms with Gasteiger partial charge in [-0.05, 0) is 24.5 Å². The van der Waals surface area contributed by atoms with E-state index < -0.39 is 0 Å². The van der Waals surface area contributed by atoms with E-state index in [2.05, 4.69) is 33.7 Å². The molecule has 20 heavy (non-hydrogen) atoms. The van der Waals surface area contributed by atoms with Crippen molar-refractivity contribution in [2.75, 3.05) is 7.11 Å². The van der Waals surface area contributed by atoms with Crippen molar-refractivity contribution in [3.05, 3.63) is 40.4 Å². The number of ether oxygens (including phenoxy) is 1. The number of hydrogen-bond acceptors (Lipinski definition) is 1. The Bertz CT molecular complexity index is 514. The smallest absolute Gasteiger partial charge is 0.149 e. The predicted molar refractivity (Wildman–Crippen MR) is 89.2 cm³/mol. The zero-order valence-corrected chi connectivity index (χ0v) is 13.3. The van der Waals surface area contributed by atoms with Gasteiger partial charge in [0.25, 0.3) is 0 Å². The van der Waals surface area contributed by atoms with Crippen LogP contribution in [0.3, 0.4) is 0 Å². The van der Waals surface area contributed by atoms with Crippen LogP contribution in [-0.2, 0) is 4.74 Å². The van der Waals surface area contributed by atoms with Crippen LogP contribution in [0.2, 0.25) is 0 Å². The summed E-state index contributed by atoms with van der Waals surface area (Å²) in [6.45, 7) is 0. The SMILES string of the molecule is C#CCCCCC#CC(OC)/C(Br)=C\c1ccccc1. The molecule has 0 radical (unpaired) electrons. The van der Waals surface area contributed by atoms with Crippen LogP contribution in [0.5, 0.6) is 0 Å². The van der Waals surface area contributed by atoms with Gasteiger partial charge in [-0.2, -0.15) is 0 Å². The first-order valence-electron chi connectivity index (χ1n) is 6.64. The van der Waals surface area contributed by atoms with Crippen LogP contribution in [0.1, 0.15) is 31.2 Å². The Labute approximate surface area is 130 Å². The Morgan fingerprint density at radius 3 is 2.65 bits per heavy atom. The summed E-state index contributed by atoms with van der Waals surface area (Å²) in [4.78, 5) is 0. The number of rotatable bonds is 6. The third-order valence-corrected chi connectivity index (χ3v) is 3.34. The second-order valence-electron chi connectivity index (χ2n) is 4.29. The molecule has 0 saturated heterocycles. The average molecular weight is 331 g/mol. The molecule has 2 heteroatoms. The molecule has 0 spiro atoms. The topological polar surface area (TPSA) is 9.23 Å². The normalized spacial score (nSPS) is 12.2. The number of benzene rings is 1. The van der Waals surface area contributed by atoms with E-state index in [-0.39, 0.29) is 6.10 Å². The fourth-order valence-corrected chi connectivity index (χ4v) is 2.20. The van der Waals surface area contributed by atoms with Crippen LogP contribution in [0.15, 0.2) is 34.8 Å². The standard InChI is InChI=1S/C18H19BrO/c1-3-4-5-6-7-11-14-18(20-2)17(19)15-16-12-9-8-10-13-16/h1,8-10,12-13,15,18H,4-7H2,2H3/b17-15+. The molecule has 0 amide bonds. The highest BCUT2D eigenvalue weighted by molar-refractivity contribution is 9.11. The fraction of sp³-hybridized carbons (Fsp3) is 0.333. The molecule has 0 fully saturated rings. The molecule has 0 aliphatic carbocycles. The molecule has 0 aliphatic heterocycles. The third-order valence-electron chi connectivity index (χ3n) is 2.70. The van der Waals surface area contributed by atoms with E-state index >= 15 is 0 Å². The maximum Gasteiger partial charge on any atom is 0.149 e. The molecule has 1 rings (SSSR count). The highest BCUT2D eigenvalue weighted by Crippen LogP contribution is 2.18. The molecule has 1 aromatic rings. The van der Waals surface area contributed by atoms with Crippen molar-refractivity contribution in [2.24, 2.45) is 0 Å². The van der Waals surface area contributed by atoms with Crippen LogP contribution in [0.4, 0.5) is 0 Å². The van der Waals surface area contributed by atoms with Crippen molar-refractivity contribution in [1.82, 2.24) is 0 Å². The maximum absolute atomic E-state index is 5.39. The minimum Gasteiger partial charge on any atom is -0.364 e. The lowest BCUT2D eigenvalue weighted by atomic mass is 10.1. The van der Waals surface area contributed by atoms with Crippen molar-refractivity contribution in [3.63, 3.8) is 0 Å². The lowest BCUT2D eigenvalue weighted by Crippen LogP contribution is -2.07. The van der Waals surface area contributed by atoms with Crippen LogP contribution in [0.25, 0.3) is 6.08 Å². The number of unbranched alkanes of at least 4 members (excludes halogenated alkanes) is 3. The van der Waals surface area contributed by atoms with Gasteiger partial charge < -0.3 is 4.74 Å². The molecule has 0 N–H and O–H groups in total. The largest absolute Gasteiger partial charge is 0.364 e. The summed E-state index contributed by atoms with van der Waals surface area (Å²) in [5, 5.41) is 0. The van der Waals surface area contributed by atoms with Crippen LogP contribution in [0, 0.1) is 24.2 Å².